The molecule has 0 spiro atoms. The van der Waals surface area contributed by atoms with Gasteiger partial charge in [0, 0.05) is 65.8 Å². The number of aryl methyl sites for hydroxylation is 2. The zero-order valence-corrected chi connectivity index (χ0v) is 78.4. The van der Waals surface area contributed by atoms with Gasteiger partial charge in [-0.25, -0.2) is 0 Å². The van der Waals surface area contributed by atoms with Crippen molar-refractivity contribution in [1.82, 2.24) is 18.3 Å². The van der Waals surface area contributed by atoms with Crippen LogP contribution in [0, 0.1) is 13.8 Å². The molecule has 0 N–H and O–H groups in total. The van der Waals surface area contributed by atoms with Gasteiger partial charge in [-0.15, -0.1) is 0 Å². The van der Waals surface area contributed by atoms with Crippen molar-refractivity contribution in [2.75, 3.05) is 0 Å². The van der Waals surface area contributed by atoms with Crippen molar-refractivity contribution >= 4 is 130 Å². The highest BCUT2D eigenvalue weighted by Crippen LogP contribution is 2.54. The molecule has 0 aliphatic carbocycles. The summed E-state index contributed by atoms with van der Waals surface area (Å²) in [6.45, 7) is 4.40. The zero-order chi connectivity index (χ0) is 94.0. The molecule has 0 aliphatic rings. The third-order valence-corrected chi connectivity index (χ3v) is 29.5. The van der Waals surface area contributed by atoms with E-state index in [0.29, 0.717) is 0 Å². The number of rotatable bonds is 14. The van der Waals surface area contributed by atoms with Gasteiger partial charge in [0.2, 0.25) is 0 Å². The van der Waals surface area contributed by atoms with Gasteiger partial charge in [-0.2, -0.15) is 0 Å². The van der Waals surface area contributed by atoms with Gasteiger partial charge >= 0.3 is 0 Å². The Morgan fingerprint density at radius 2 is 0.317 bits per heavy atom. The van der Waals surface area contributed by atoms with Gasteiger partial charge in [-0.05, 0) is 277 Å². The van der Waals surface area contributed by atoms with Crippen LogP contribution in [0.3, 0.4) is 0 Å². The fraction of sp³-hybridized carbons (Fsp3) is 0.0145. The summed E-state index contributed by atoms with van der Waals surface area (Å²) in [4.78, 5) is 0. The number of aromatic nitrogens is 4. The summed E-state index contributed by atoms with van der Waals surface area (Å²) in [5.74, 6) is 0. The number of para-hydroxylation sites is 6. The van der Waals surface area contributed by atoms with Crippen LogP contribution in [-0.2, 0) is 0 Å². The summed E-state index contributed by atoms with van der Waals surface area (Å²) in [5.41, 5.74) is 40.9. The predicted molar refractivity (Wildman–Crippen MR) is 604 cm³/mol. The van der Waals surface area contributed by atoms with Crippen molar-refractivity contribution in [2.24, 2.45) is 0 Å². The Hall–Kier alpha value is -18.5. The van der Waals surface area contributed by atoms with Crippen LogP contribution in [-0.4, -0.2) is 18.3 Å². The van der Waals surface area contributed by atoms with Gasteiger partial charge < -0.3 is 18.3 Å². The Labute approximate surface area is 823 Å². The average molecular weight is 1810 g/mol. The first-order valence-corrected chi connectivity index (χ1v) is 49.2. The molecule has 4 heterocycles. The van der Waals surface area contributed by atoms with Gasteiger partial charge in [-0.1, -0.05) is 424 Å². The molecule has 0 fully saturated rings. The number of hydrogen-bond acceptors (Lipinski definition) is 0. The zero-order valence-electron chi connectivity index (χ0n) is 78.4. The largest absolute Gasteiger partial charge is 0.309 e. The molecule has 0 amide bonds. The van der Waals surface area contributed by atoms with Gasteiger partial charge in [0.05, 0.1) is 44.1 Å². The second-order valence-electron chi connectivity index (χ2n) is 37.7. The Kier molecular flexibility index (Phi) is 20.1. The first kappa shape index (κ1) is 82.9. The van der Waals surface area contributed by atoms with Gasteiger partial charge in [0.1, 0.15) is 0 Å². The van der Waals surface area contributed by atoms with E-state index >= 15 is 0 Å². The Morgan fingerprint density at radius 3 is 0.577 bits per heavy atom. The lowest BCUT2D eigenvalue weighted by Gasteiger charge is -2.23. The fourth-order valence-corrected chi connectivity index (χ4v) is 23.3. The van der Waals surface area contributed by atoms with Crippen LogP contribution in [0.2, 0.25) is 0 Å². The van der Waals surface area contributed by atoms with E-state index < -0.39 is 0 Å². The molecule has 0 saturated carbocycles. The molecule has 142 heavy (non-hydrogen) atoms. The molecule has 0 aliphatic heterocycles. The minimum absolute atomic E-state index is 1.13. The summed E-state index contributed by atoms with van der Waals surface area (Å²) in [6.07, 6.45) is 0. The van der Waals surface area contributed by atoms with E-state index in [1.165, 1.54) is 253 Å². The van der Waals surface area contributed by atoms with Crippen LogP contribution in [0.4, 0.5) is 0 Å². The average Bonchev–Trinajstić information content (AvgIpc) is 1.23. The Bertz CT molecular complexity index is 9190. The molecule has 0 bridgehead atoms. The van der Waals surface area contributed by atoms with E-state index in [1.807, 2.05) is 0 Å². The Balaban J connectivity index is 0.000000143. The molecule has 0 radical (unpaired) electrons. The maximum absolute atomic E-state index is 2.42. The van der Waals surface area contributed by atoms with Crippen LogP contribution >= 0.6 is 0 Å². The van der Waals surface area contributed by atoms with Crippen molar-refractivity contribution < 1.29 is 0 Å². The van der Waals surface area contributed by atoms with E-state index in [0.717, 1.165) is 22.7 Å². The fourth-order valence-electron chi connectivity index (χ4n) is 23.3. The number of nitrogens with zero attached hydrogens (tertiary/aromatic N) is 4. The Morgan fingerprint density at radius 1 is 0.120 bits per heavy atom. The first-order chi connectivity index (χ1) is 70.3. The molecular weight excluding hydrogens is 1710 g/mol. The van der Waals surface area contributed by atoms with Crippen molar-refractivity contribution in [2.45, 2.75) is 13.8 Å². The maximum atomic E-state index is 2.42. The normalized spacial score (nSPS) is 11.7. The molecule has 4 heteroatoms. The first-order valence-electron chi connectivity index (χ1n) is 49.2. The van der Waals surface area contributed by atoms with Crippen molar-refractivity contribution in [3.05, 3.63) is 533 Å². The molecule has 0 saturated heterocycles. The highest BCUT2D eigenvalue weighted by atomic mass is 15.0. The standard InChI is InChI=1S/C74H48N2.C64H44N2/c1-5-19-49(20-6-1)55-39-45-69-65(47-55)61-27-13-15-33-67(61)75(69)57-41-35-51(36-42-57)59-29-17-31-63-72(54-25-11-4-12-26-54)74-60(30-18-32-64(74)71(73(59)63)53-23-9-3-10-24-53)52-37-43-58(44-38-52)76-68-34-16-14-28-62(68)66-48-56(40-46-70(66)76)50-21-7-2-8-22-50;1-41-15-11-17-45(39-41)61-55-25-13-24-50(44-33-37-48(38-34-44)66-59-29-9-5-21-53(59)54-22-6-10-30-60(54)66)64(55)62(46-18-12-16-42(2)40-46)56-26-14-23-49(63(56)61)43-31-35-47(36-32-43)65-57-27-7-3-19-51(57)52-20-4-8-28-58(52)65/h1-48H;3-40H,1-2H3. The summed E-state index contributed by atoms with van der Waals surface area (Å²) >= 11 is 0. The molecule has 664 valence electrons. The molecule has 0 atom stereocenters. The predicted octanol–water partition coefficient (Wildman–Crippen LogP) is 37.7. The van der Waals surface area contributed by atoms with E-state index in [2.05, 4.69) is 554 Å². The number of benzene rings is 24. The van der Waals surface area contributed by atoms with Crippen molar-refractivity contribution in [3.63, 3.8) is 0 Å². The molecule has 28 aromatic rings. The van der Waals surface area contributed by atoms with Crippen LogP contribution in [0.1, 0.15) is 11.1 Å². The quantitative estimate of drug-likeness (QED) is 0.0967. The van der Waals surface area contributed by atoms with E-state index in [1.54, 1.807) is 0 Å². The lowest BCUT2D eigenvalue weighted by Crippen LogP contribution is -1.97. The van der Waals surface area contributed by atoms with E-state index in [4.69, 9.17) is 0 Å². The monoisotopic (exact) mass is 1800 g/mol. The summed E-state index contributed by atoms with van der Waals surface area (Å²) in [6, 6.07) is 192. The second kappa shape index (κ2) is 34.3. The lowest BCUT2D eigenvalue weighted by atomic mass is 9.80. The van der Waals surface area contributed by atoms with Crippen LogP contribution < -0.4 is 0 Å². The van der Waals surface area contributed by atoms with Crippen LogP contribution in [0.15, 0.2) is 522 Å². The SMILES string of the molecule is Cc1cccc(-c2c3cccc(-c4ccc(-n5c6ccccc6c6ccccc65)cc4)c3c(-c3cccc(C)c3)c3cccc(-c4ccc(-n5c6ccccc6c6ccccc65)cc4)c23)c1.c1ccc(-c2ccc3c(c2)c2ccccc2n3-c2ccc(-c3cccc4c(-c5ccccc5)c5c(-c6ccc(-n7c8ccccc8c8cc(-c9ccccc9)ccc87)cc6)cccc5c(-c5ccccc5)c34)cc2)cc1. The van der Waals surface area contributed by atoms with E-state index in [9.17, 15) is 0 Å². The van der Waals surface area contributed by atoms with Gasteiger partial charge in [0.25, 0.3) is 0 Å². The highest BCUT2D eigenvalue weighted by Gasteiger charge is 2.28. The lowest BCUT2D eigenvalue weighted by molar-refractivity contribution is 1.18. The molecule has 0 unspecified atom stereocenters. The molecular formula is C138H92N4. The van der Waals surface area contributed by atoms with Crippen LogP contribution in [0.5, 0.6) is 0 Å². The highest BCUT2D eigenvalue weighted by molar-refractivity contribution is 6.30. The van der Waals surface area contributed by atoms with Gasteiger partial charge in [0.15, 0.2) is 0 Å². The van der Waals surface area contributed by atoms with Gasteiger partial charge in [-0.3, -0.25) is 0 Å². The molecule has 24 aromatic carbocycles. The van der Waals surface area contributed by atoms with E-state index in [-0.39, 0.29) is 0 Å². The minimum Gasteiger partial charge on any atom is -0.309 e. The number of fused-ring (bicyclic) bond motifs is 16. The third kappa shape index (κ3) is 13.8. The molecule has 28 rings (SSSR count). The van der Waals surface area contributed by atoms with Crippen molar-refractivity contribution in [3.8, 4) is 134 Å². The second-order valence-corrected chi connectivity index (χ2v) is 37.7. The smallest absolute Gasteiger partial charge is 0.0541 e. The van der Waals surface area contributed by atoms with Crippen LogP contribution in [0.25, 0.3) is 264 Å². The maximum Gasteiger partial charge on any atom is 0.0541 e. The number of hydrogen-bond donors (Lipinski definition) is 0. The summed E-state index contributed by atoms with van der Waals surface area (Å²) < 4.78 is 9.63. The summed E-state index contributed by atoms with van der Waals surface area (Å²) in [7, 11) is 0. The molecule has 4 aromatic heterocycles. The topological polar surface area (TPSA) is 19.7 Å². The summed E-state index contributed by atoms with van der Waals surface area (Å²) in [5, 5.41) is 20.0. The van der Waals surface area contributed by atoms with Crippen molar-refractivity contribution in [1.29, 1.82) is 0 Å². The third-order valence-electron chi connectivity index (χ3n) is 29.5. The minimum atomic E-state index is 1.13. The molecule has 4 nitrogen and oxygen atoms in total.